The number of carbonyl (C=O) groups excluding carboxylic acids is 2. The fraction of sp³-hybridized carbons (Fsp3) is 0.500. The maximum Gasteiger partial charge on any atom is 0.229 e. The molecule has 2 rings (SSSR count). The lowest BCUT2D eigenvalue weighted by atomic mass is 10.1. The minimum Gasteiger partial charge on any atom is -0.491 e. The van der Waals surface area contributed by atoms with Crippen LogP contribution in [0.2, 0.25) is 0 Å². The Morgan fingerprint density at radius 1 is 1.14 bits per heavy atom. The summed E-state index contributed by atoms with van der Waals surface area (Å²) in [4.78, 5) is 24.7. The molecular weight excluding hydrogens is 268 g/mol. The van der Waals surface area contributed by atoms with E-state index in [4.69, 9.17) is 4.74 Å². The molecule has 1 aromatic rings. The van der Waals surface area contributed by atoms with E-state index in [1.807, 2.05) is 45.2 Å². The zero-order valence-corrected chi connectivity index (χ0v) is 12.8. The highest BCUT2D eigenvalue weighted by Gasteiger charge is 2.30. The fourth-order valence-electron chi connectivity index (χ4n) is 2.42. The Kier molecular flexibility index (Phi) is 4.96. The number of carbonyl (C=O) groups is 2. The first kappa shape index (κ1) is 15.5. The Labute approximate surface area is 125 Å². The third-order valence-corrected chi connectivity index (χ3v) is 3.52. The van der Waals surface area contributed by atoms with Gasteiger partial charge in [-0.15, -0.1) is 0 Å². The summed E-state index contributed by atoms with van der Waals surface area (Å²) in [6, 6.07) is 7.68. The lowest BCUT2D eigenvalue weighted by molar-refractivity contribution is -0.138. The summed E-state index contributed by atoms with van der Waals surface area (Å²) in [6.07, 6.45) is 0.795. The van der Waals surface area contributed by atoms with Crippen molar-refractivity contribution in [2.24, 2.45) is 0 Å². The second kappa shape index (κ2) is 6.72. The average molecular weight is 290 g/mol. The van der Waals surface area contributed by atoms with Crippen LogP contribution >= 0.6 is 0 Å². The number of imide groups is 1. The average Bonchev–Trinajstić information content (AvgIpc) is 2.76. The van der Waals surface area contributed by atoms with Gasteiger partial charge in [-0.3, -0.25) is 14.5 Å². The molecule has 1 heterocycles. The summed E-state index contributed by atoms with van der Waals surface area (Å²) in [5, 5.41) is 3.16. The Morgan fingerprint density at radius 3 is 2.19 bits per heavy atom. The minimum atomic E-state index is -0.0833. The fourth-order valence-corrected chi connectivity index (χ4v) is 2.42. The first-order valence-corrected chi connectivity index (χ1v) is 7.28. The highest BCUT2D eigenvalue weighted by molar-refractivity contribution is 6.01. The third-order valence-electron chi connectivity index (χ3n) is 3.52. The van der Waals surface area contributed by atoms with Crippen LogP contribution in [0, 0.1) is 0 Å². The molecule has 0 spiro atoms. The van der Waals surface area contributed by atoms with Gasteiger partial charge in [-0.05, 0) is 38.6 Å². The molecule has 0 aromatic heterocycles. The van der Waals surface area contributed by atoms with Gasteiger partial charge in [0.05, 0.1) is 12.1 Å². The normalized spacial score (nSPS) is 16.7. The quantitative estimate of drug-likeness (QED) is 0.813. The van der Waals surface area contributed by atoms with E-state index in [0.29, 0.717) is 19.4 Å². The van der Waals surface area contributed by atoms with Crippen molar-refractivity contribution in [3.8, 4) is 5.75 Å². The van der Waals surface area contributed by atoms with Gasteiger partial charge in [0.15, 0.2) is 0 Å². The van der Waals surface area contributed by atoms with E-state index in [2.05, 4.69) is 5.32 Å². The van der Waals surface area contributed by atoms with Crippen LogP contribution in [0.15, 0.2) is 24.3 Å². The monoisotopic (exact) mass is 290 g/mol. The van der Waals surface area contributed by atoms with Crippen molar-refractivity contribution in [3.05, 3.63) is 29.8 Å². The van der Waals surface area contributed by atoms with Crippen molar-refractivity contribution < 1.29 is 14.3 Å². The molecule has 0 aliphatic carbocycles. The second-order valence-electron chi connectivity index (χ2n) is 5.47. The van der Waals surface area contributed by atoms with Gasteiger partial charge in [-0.25, -0.2) is 0 Å². The van der Waals surface area contributed by atoms with Gasteiger partial charge in [0, 0.05) is 19.4 Å². The second-order valence-corrected chi connectivity index (χ2v) is 5.47. The molecule has 1 atom stereocenters. The van der Waals surface area contributed by atoms with Gasteiger partial charge in [-0.1, -0.05) is 12.1 Å². The Morgan fingerprint density at radius 2 is 1.71 bits per heavy atom. The highest BCUT2D eigenvalue weighted by atomic mass is 16.5. The summed E-state index contributed by atoms with van der Waals surface area (Å²) in [5.74, 6) is 0.650. The smallest absolute Gasteiger partial charge is 0.229 e. The zero-order chi connectivity index (χ0) is 15.4. The number of nitrogens with zero attached hydrogens (tertiary/aromatic N) is 1. The van der Waals surface area contributed by atoms with Crippen LogP contribution in [0.5, 0.6) is 5.75 Å². The summed E-state index contributed by atoms with van der Waals surface area (Å²) in [5.41, 5.74) is 1.03. The van der Waals surface area contributed by atoms with E-state index in [1.165, 1.54) is 4.90 Å². The van der Waals surface area contributed by atoms with Gasteiger partial charge in [0.1, 0.15) is 5.75 Å². The molecule has 1 N–H and O–H groups in total. The summed E-state index contributed by atoms with van der Waals surface area (Å²) in [6.45, 7) is 4.34. The number of hydrogen-bond acceptors (Lipinski definition) is 4. The lowest BCUT2D eigenvalue weighted by Gasteiger charge is -2.23. The Hall–Kier alpha value is -1.88. The predicted molar refractivity (Wildman–Crippen MR) is 80.0 cm³/mol. The number of nitrogens with one attached hydrogen (secondary N) is 1. The summed E-state index contributed by atoms with van der Waals surface area (Å²) < 4.78 is 5.61. The van der Waals surface area contributed by atoms with Crippen LogP contribution in [-0.4, -0.2) is 36.4 Å². The lowest BCUT2D eigenvalue weighted by Crippen LogP contribution is -2.37. The van der Waals surface area contributed by atoms with E-state index in [9.17, 15) is 9.59 Å². The Bertz CT molecular complexity index is 495. The van der Waals surface area contributed by atoms with E-state index in [-0.39, 0.29) is 24.0 Å². The molecule has 1 aromatic carbocycles. The molecule has 0 saturated carbocycles. The maximum absolute atomic E-state index is 11.7. The van der Waals surface area contributed by atoms with Crippen LogP contribution < -0.4 is 10.1 Å². The number of likely N-dealkylation sites (N-methyl/N-ethyl adjacent to an activating group) is 1. The van der Waals surface area contributed by atoms with Gasteiger partial charge >= 0.3 is 0 Å². The Balaban J connectivity index is 2.06. The van der Waals surface area contributed by atoms with E-state index >= 15 is 0 Å². The standard InChI is InChI=1S/C16H22N2O3/c1-11(2)21-13-6-4-12(5-7-13)14(17-3)10-18-15(19)8-9-16(18)20/h4-7,11,14,17H,8-10H2,1-3H3. The SMILES string of the molecule is CNC(CN1C(=O)CCC1=O)c1ccc(OC(C)C)cc1. The van der Waals surface area contributed by atoms with Gasteiger partial charge < -0.3 is 10.1 Å². The predicted octanol–water partition coefficient (Wildman–Crippen LogP) is 1.88. The molecule has 5 heteroatoms. The zero-order valence-electron chi connectivity index (χ0n) is 12.8. The molecule has 1 fully saturated rings. The first-order chi connectivity index (χ1) is 10.0. The van der Waals surface area contributed by atoms with E-state index in [0.717, 1.165) is 11.3 Å². The van der Waals surface area contributed by atoms with Crippen molar-refractivity contribution in [3.63, 3.8) is 0 Å². The molecule has 0 bridgehead atoms. The minimum absolute atomic E-state index is 0.0656. The van der Waals surface area contributed by atoms with Crippen LogP contribution in [0.4, 0.5) is 0 Å². The number of benzene rings is 1. The highest BCUT2D eigenvalue weighted by Crippen LogP contribution is 2.22. The van der Waals surface area contributed by atoms with Crippen molar-refractivity contribution >= 4 is 11.8 Å². The number of rotatable bonds is 6. The topological polar surface area (TPSA) is 58.6 Å². The number of ether oxygens (including phenoxy) is 1. The largest absolute Gasteiger partial charge is 0.491 e. The molecule has 1 aliphatic heterocycles. The molecule has 21 heavy (non-hydrogen) atoms. The van der Waals surface area contributed by atoms with Crippen molar-refractivity contribution in [2.45, 2.75) is 38.8 Å². The summed E-state index contributed by atoms with van der Waals surface area (Å²) >= 11 is 0. The first-order valence-electron chi connectivity index (χ1n) is 7.28. The van der Waals surface area contributed by atoms with Crippen LogP contribution in [-0.2, 0) is 9.59 Å². The summed E-state index contributed by atoms with van der Waals surface area (Å²) in [7, 11) is 1.83. The molecule has 114 valence electrons. The van der Waals surface area contributed by atoms with Crippen LogP contribution in [0.25, 0.3) is 0 Å². The van der Waals surface area contributed by atoms with E-state index in [1.54, 1.807) is 0 Å². The molecular formula is C16H22N2O3. The van der Waals surface area contributed by atoms with Gasteiger partial charge in [0.2, 0.25) is 11.8 Å². The molecule has 0 radical (unpaired) electrons. The molecule has 5 nitrogen and oxygen atoms in total. The van der Waals surface area contributed by atoms with Gasteiger partial charge in [-0.2, -0.15) is 0 Å². The number of amides is 2. The van der Waals surface area contributed by atoms with Crippen molar-refractivity contribution in [1.82, 2.24) is 10.2 Å². The maximum atomic E-state index is 11.7. The molecule has 1 unspecified atom stereocenters. The third kappa shape index (κ3) is 3.82. The van der Waals surface area contributed by atoms with Crippen molar-refractivity contribution in [2.75, 3.05) is 13.6 Å². The van der Waals surface area contributed by atoms with Crippen LogP contribution in [0.3, 0.4) is 0 Å². The van der Waals surface area contributed by atoms with Gasteiger partial charge in [0.25, 0.3) is 0 Å². The number of hydrogen-bond donors (Lipinski definition) is 1. The van der Waals surface area contributed by atoms with Crippen LogP contribution in [0.1, 0.15) is 38.3 Å². The number of likely N-dealkylation sites (tertiary alicyclic amines) is 1. The van der Waals surface area contributed by atoms with Crippen molar-refractivity contribution in [1.29, 1.82) is 0 Å². The molecule has 1 saturated heterocycles. The van der Waals surface area contributed by atoms with E-state index < -0.39 is 0 Å². The molecule has 1 aliphatic rings. The molecule has 2 amide bonds.